The molecule has 1 aliphatic heterocycles. The molecule has 0 aromatic rings. The molecule has 0 fully saturated rings. The minimum absolute atomic E-state index is 0.0320. The number of hydrogen-bond donors (Lipinski definition) is 1. The average Bonchev–Trinajstić information content (AvgIpc) is 2.85. The SMILES string of the molecule is CCOC(=O)C1(C(=O)OCC)C=C(C(=O)OC)CN1. The number of carbonyl (C=O) groups is 3. The molecule has 1 aliphatic rings. The number of methoxy groups -OCH3 is 1. The lowest BCUT2D eigenvalue weighted by Gasteiger charge is -2.22. The second kappa shape index (κ2) is 6.33. The third-order valence-electron chi connectivity index (χ3n) is 2.59. The van der Waals surface area contributed by atoms with Crippen LogP contribution in [0.1, 0.15) is 13.8 Å². The van der Waals surface area contributed by atoms with E-state index in [-0.39, 0.29) is 25.3 Å². The Morgan fingerprint density at radius 1 is 1.21 bits per heavy atom. The van der Waals surface area contributed by atoms with Crippen molar-refractivity contribution in [3.8, 4) is 0 Å². The van der Waals surface area contributed by atoms with Crippen LogP contribution >= 0.6 is 0 Å². The maximum Gasteiger partial charge on any atom is 0.342 e. The molecular weight excluding hydrogens is 254 g/mol. The molecular formula is C12H17NO6. The smallest absolute Gasteiger partial charge is 0.342 e. The summed E-state index contributed by atoms with van der Waals surface area (Å²) in [5, 5.41) is 2.66. The van der Waals surface area contributed by atoms with Crippen molar-refractivity contribution in [3.05, 3.63) is 11.6 Å². The van der Waals surface area contributed by atoms with Crippen LogP contribution in [0, 0.1) is 0 Å². The Hall–Kier alpha value is -1.89. The molecule has 7 nitrogen and oxygen atoms in total. The topological polar surface area (TPSA) is 90.9 Å². The van der Waals surface area contributed by atoms with E-state index >= 15 is 0 Å². The number of nitrogens with one attached hydrogen (secondary N) is 1. The van der Waals surface area contributed by atoms with Crippen molar-refractivity contribution in [3.63, 3.8) is 0 Å². The Balaban J connectivity index is 3.08. The molecule has 0 aromatic heterocycles. The van der Waals surface area contributed by atoms with Crippen LogP contribution in [0.25, 0.3) is 0 Å². The van der Waals surface area contributed by atoms with Crippen molar-refractivity contribution in [1.82, 2.24) is 5.32 Å². The monoisotopic (exact) mass is 271 g/mol. The molecule has 19 heavy (non-hydrogen) atoms. The first-order chi connectivity index (χ1) is 9.01. The number of esters is 3. The molecule has 0 bridgehead atoms. The maximum absolute atomic E-state index is 12.0. The van der Waals surface area contributed by atoms with Gasteiger partial charge in [-0.1, -0.05) is 0 Å². The number of carbonyl (C=O) groups excluding carboxylic acids is 3. The van der Waals surface area contributed by atoms with Crippen molar-refractivity contribution in [1.29, 1.82) is 0 Å². The molecule has 0 saturated carbocycles. The minimum Gasteiger partial charge on any atom is -0.466 e. The van der Waals surface area contributed by atoms with Gasteiger partial charge < -0.3 is 14.2 Å². The molecule has 0 saturated heterocycles. The van der Waals surface area contributed by atoms with Crippen molar-refractivity contribution in [2.24, 2.45) is 0 Å². The zero-order valence-electron chi connectivity index (χ0n) is 11.1. The van der Waals surface area contributed by atoms with Gasteiger partial charge in [-0.3, -0.25) is 5.32 Å². The standard InChI is InChI=1S/C12H17NO6/c1-4-18-10(15)12(11(16)19-5-2)6-8(7-13-12)9(14)17-3/h6,13H,4-5,7H2,1-3H3. The van der Waals surface area contributed by atoms with Gasteiger partial charge in [0, 0.05) is 6.54 Å². The van der Waals surface area contributed by atoms with Crippen LogP contribution in [0.5, 0.6) is 0 Å². The van der Waals surface area contributed by atoms with Gasteiger partial charge in [0.25, 0.3) is 0 Å². The van der Waals surface area contributed by atoms with Crippen LogP contribution in [-0.2, 0) is 28.6 Å². The zero-order valence-corrected chi connectivity index (χ0v) is 11.1. The molecule has 0 radical (unpaired) electrons. The van der Waals surface area contributed by atoms with Crippen LogP contribution in [0.4, 0.5) is 0 Å². The lowest BCUT2D eigenvalue weighted by molar-refractivity contribution is -0.162. The highest BCUT2D eigenvalue weighted by atomic mass is 16.6. The first kappa shape index (κ1) is 15.2. The lowest BCUT2D eigenvalue weighted by Crippen LogP contribution is -2.55. The quantitative estimate of drug-likeness (QED) is 0.411. The Labute approximate surface area is 110 Å². The normalized spacial score (nSPS) is 16.5. The van der Waals surface area contributed by atoms with Gasteiger partial charge in [-0.15, -0.1) is 0 Å². The first-order valence-electron chi connectivity index (χ1n) is 5.91. The van der Waals surface area contributed by atoms with Crippen LogP contribution in [-0.4, -0.2) is 50.3 Å². The van der Waals surface area contributed by atoms with E-state index in [1.54, 1.807) is 13.8 Å². The molecule has 1 rings (SSSR count). The highest BCUT2D eigenvalue weighted by molar-refractivity contribution is 6.10. The van der Waals surface area contributed by atoms with Crippen molar-refractivity contribution in [2.45, 2.75) is 19.4 Å². The molecule has 7 heteroatoms. The average molecular weight is 271 g/mol. The maximum atomic E-state index is 12.0. The molecule has 0 spiro atoms. The second-order valence-electron chi connectivity index (χ2n) is 3.76. The Bertz CT molecular complexity index is 396. The fourth-order valence-corrected chi connectivity index (χ4v) is 1.70. The summed E-state index contributed by atoms with van der Waals surface area (Å²) in [4.78, 5) is 35.3. The van der Waals surface area contributed by atoms with E-state index in [9.17, 15) is 14.4 Å². The van der Waals surface area contributed by atoms with E-state index in [0.717, 1.165) is 0 Å². The highest BCUT2D eigenvalue weighted by Gasteiger charge is 2.51. The summed E-state index contributed by atoms with van der Waals surface area (Å²) in [5.41, 5.74) is -1.58. The lowest BCUT2D eigenvalue weighted by atomic mass is 10.0. The van der Waals surface area contributed by atoms with Gasteiger partial charge >= 0.3 is 17.9 Å². The van der Waals surface area contributed by atoms with Gasteiger partial charge in [0.1, 0.15) is 0 Å². The molecule has 1 N–H and O–H groups in total. The number of rotatable bonds is 5. The summed E-state index contributed by atoms with van der Waals surface area (Å²) in [6, 6.07) is 0. The van der Waals surface area contributed by atoms with Gasteiger partial charge in [-0.2, -0.15) is 0 Å². The van der Waals surface area contributed by atoms with Gasteiger partial charge in [0.15, 0.2) is 0 Å². The number of hydrogen-bond acceptors (Lipinski definition) is 7. The zero-order chi connectivity index (χ0) is 14.5. The Morgan fingerprint density at radius 2 is 1.74 bits per heavy atom. The molecule has 106 valence electrons. The predicted octanol–water partition coefficient (Wildman–Crippen LogP) is -0.446. The fraction of sp³-hybridized carbons (Fsp3) is 0.583. The van der Waals surface area contributed by atoms with E-state index in [2.05, 4.69) is 10.1 Å². The van der Waals surface area contributed by atoms with E-state index in [1.165, 1.54) is 13.2 Å². The summed E-state index contributed by atoms with van der Waals surface area (Å²) < 4.78 is 14.3. The summed E-state index contributed by atoms with van der Waals surface area (Å²) in [5.74, 6) is -2.21. The van der Waals surface area contributed by atoms with Gasteiger partial charge in [-0.05, 0) is 19.9 Å². The second-order valence-corrected chi connectivity index (χ2v) is 3.76. The molecule has 0 atom stereocenters. The third kappa shape index (κ3) is 2.93. The molecule has 0 amide bonds. The summed E-state index contributed by atoms with van der Waals surface area (Å²) in [6.45, 7) is 3.50. The van der Waals surface area contributed by atoms with Crippen molar-refractivity contribution in [2.75, 3.05) is 26.9 Å². The van der Waals surface area contributed by atoms with Gasteiger partial charge in [-0.25, -0.2) is 14.4 Å². The summed E-state index contributed by atoms with van der Waals surface area (Å²) in [6.07, 6.45) is 1.20. The van der Waals surface area contributed by atoms with Crippen LogP contribution in [0.2, 0.25) is 0 Å². The predicted molar refractivity (Wildman–Crippen MR) is 64.1 cm³/mol. The molecule has 0 aliphatic carbocycles. The van der Waals surface area contributed by atoms with E-state index in [4.69, 9.17) is 9.47 Å². The summed E-state index contributed by atoms with van der Waals surface area (Å²) in [7, 11) is 1.22. The highest BCUT2D eigenvalue weighted by Crippen LogP contribution is 2.22. The van der Waals surface area contributed by atoms with Gasteiger partial charge in [0.05, 0.1) is 25.9 Å². The van der Waals surface area contributed by atoms with Crippen molar-refractivity contribution >= 4 is 17.9 Å². The Morgan fingerprint density at radius 3 is 2.16 bits per heavy atom. The van der Waals surface area contributed by atoms with Gasteiger partial charge in [0.2, 0.25) is 5.54 Å². The van der Waals surface area contributed by atoms with E-state index in [0.29, 0.717) is 0 Å². The molecule has 0 aromatic carbocycles. The molecule has 1 heterocycles. The number of ether oxygens (including phenoxy) is 3. The Kier molecular flexibility index (Phi) is 5.05. The first-order valence-corrected chi connectivity index (χ1v) is 5.91. The fourth-order valence-electron chi connectivity index (χ4n) is 1.70. The molecule has 0 unspecified atom stereocenters. The largest absolute Gasteiger partial charge is 0.466 e. The van der Waals surface area contributed by atoms with E-state index < -0.39 is 23.4 Å². The van der Waals surface area contributed by atoms with Crippen LogP contribution < -0.4 is 5.32 Å². The summed E-state index contributed by atoms with van der Waals surface area (Å²) >= 11 is 0. The van der Waals surface area contributed by atoms with Crippen LogP contribution in [0.3, 0.4) is 0 Å². The van der Waals surface area contributed by atoms with Crippen molar-refractivity contribution < 1.29 is 28.6 Å². The third-order valence-corrected chi connectivity index (χ3v) is 2.59. The minimum atomic E-state index is -1.77. The van der Waals surface area contributed by atoms with E-state index in [1.807, 2.05) is 0 Å². The van der Waals surface area contributed by atoms with Crippen LogP contribution in [0.15, 0.2) is 11.6 Å².